The Balaban J connectivity index is 2.21. The lowest BCUT2D eigenvalue weighted by molar-refractivity contribution is -0.154. The number of carbonyl (C=O) groups is 2. The van der Waals surface area contributed by atoms with Crippen LogP contribution in [-0.4, -0.2) is 25.2 Å². The Morgan fingerprint density at radius 3 is 2.75 bits per heavy atom. The molecule has 0 aliphatic carbocycles. The van der Waals surface area contributed by atoms with Crippen LogP contribution < -0.4 is 9.47 Å². The summed E-state index contributed by atoms with van der Waals surface area (Å²) in [5.41, 5.74) is 0.313. The van der Waals surface area contributed by atoms with Gasteiger partial charge < -0.3 is 14.2 Å². The van der Waals surface area contributed by atoms with Gasteiger partial charge in [0.05, 0.1) is 6.61 Å². The van der Waals surface area contributed by atoms with Crippen molar-refractivity contribution >= 4 is 11.8 Å². The summed E-state index contributed by atoms with van der Waals surface area (Å²) >= 11 is 0. The Morgan fingerprint density at radius 1 is 1.30 bits per heavy atom. The molecule has 1 heterocycles. The molecular formula is C15H18O5. The average molecular weight is 278 g/mol. The summed E-state index contributed by atoms with van der Waals surface area (Å²) in [5, 5.41) is 0. The molecule has 0 radical (unpaired) electrons. The molecule has 0 unspecified atom stereocenters. The number of ether oxygens (including phenoxy) is 3. The first kappa shape index (κ1) is 14.4. The molecule has 5 nitrogen and oxygen atoms in total. The molecule has 0 amide bonds. The van der Waals surface area contributed by atoms with Gasteiger partial charge in [0.2, 0.25) is 12.6 Å². The number of Topliss-reactive ketones (excluding diaryl/α,β-unsaturated/α-hetero) is 1. The predicted molar refractivity (Wildman–Crippen MR) is 71.8 cm³/mol. The quantitative estimate of drug-likeness (QED) is 0.610. The van der Waals surface area contributed by atoms with E-state index in [1.807, 2.05) is 32.0 Å². The smallest absolute Gasteiger partial charge is 0.374 e. The first-order valence-electron chi connectivity index (χ1n) is 6.54. The van der Waals surface area contributed by atoms with Gasteiger partial charge in [-0.25, -0.2) is 4.79 Å². The van der Waals surface area contributed by atoms with E-state index in [4.69, 9.17) is 14.2 Å². The van der Waals surface area contributed by atoms with Crippen LogP contribution in [0.15, 0.2) is 18.2 Å². The third-order valence-electron chi connectivity index (χ3n) is 3.23. The van der Waals surface area contributed by atoms with Gasteiger partial charge >= 0.3 is 5.97 Å². The summed E-state index contributed by atoms with van der Waals surface area (Å²) in [7, 11) is 0. The molecule has 2 rings (SSSR count). The number of hydrogen-bond donors (Lipinski definition) is 0. The molecular weight excluding hydrogens is 260 g/mol. The molecule has 0 atom stereocenters. The van der Waals surface area contributed by atoms with Crippen LogP contribution in [0.3, 0.4) is 0 Å². The van der Waals surface area contributed by atoms with Crippen molar-refractivity contribution in [2.24, 2.45) is 0 Å². The number of carbonyl (C=O) groups excluding carboxylic acids is 2. The Hall–Kier alpha value is -2.04. The van der Waals surface area contributed by atoms with Gasteiger partial charge in [-0.05, 0) is 13.0 Å². The maximum Gasteiger partial charge on any atom is 0.374 e. The van der Waals surface area contributed by atoms with Gasteiger partial charge in [0.15, 0.2) is 11.5 Å². The molecule has 1 aromatic rings. The molecule has 0 saturated heterocycles. The highest BCUT2D eigenvalue weighted by Gasteiger charge is 2.33. The highest BCUT2D eigenvalue weighted by molar-refractivity contribution is 6.33. The third-order valence-corrected chi connectivity index (χ3v) is 3.23. The fourth-order valence-electron chi connectivity index (χ4n) is 2.24. The Bertz CT molecular complexity index is 533. The number of fused-ring (bicyclic) bond motifs is 1. The van der Waals surface area contributed by atoms with E-state index < -0.39 is 17.2 Å². The van der Waals surface area contributed by atoms with Gasteiger partial charge in [-0.3, -0.25) is 4.79 Å². The van der Waals surface area contributed by atoms with E-state index in [1.165, 1.54) is 0 Å². The summed E-state index contributed by atoms with van der Waals surface area (Å²) in [6.07, 6.45) is 0.0612. The van der Waals surface area contributed by atoms with Crippen LogP contribution in [0.2, 0.25) is 0 Å². The molecule has 0 N–H and O–H groups in total. The van der Waals surface area contributed by atoms with Crippen LogP contribution in [0, 0.1) is 0 Å². The van der Waals surface area contributed by atoms with Crippen molar-refractivity contribution < 1.29 is 23.8 Å². The number of hydrogen-bond acceptors (Lipinski definition) is 5. The molecule has 0 fully saturated rings. The molecule has 0 aromatic heterocycles. The van der Waals surface area contributed by atoms with Crippen molar-refractivity contribution in [1.82, 2.24) is 0 Å². The van der Waals surface area contributed by atoms with Crippen molar-refractivity contribution in [2.75, 3.05) is 13.4 Å². The lowest BCUT2D eigenvalue weighted by Crippen LogP contribution is -2.28. The zero-order valence-electron chi connectivity index (χ0n) is 11.9. The lowest BCUT2D eigenvalue weighted by atomic mass is 9.79. The van der Waals surface area contributed by atoms with Gasteiger partial charge in [0.25, 0.3) is 0 Å². The molecule has 108 valence electrons. The number of para-hydroxylation sites is 1. The van der Waals surface area contributed by atoms with Crippen LogP contribution in [0.25, 0.3) is 0 Å². The summed E-state index contributed by atoms with van der Waals surface area (Å²) in [5.74, 6) is -0.00740. The number of ketones is 1. The number of benzene rings is 1. The van der Waals surface area contributed by atoms with E-state index in [2.05, 4.69) is 0 Å². The second-order valence-electron chi connectivity index (χ2n) is 5.24. The fraction of sp³-hybridized carbons (Fsp3) is 0.467. The molecule has 1 aliphatic rings. The molecule has 1 aromatic carbocycles. The fourth-order valence-corrected chi connectivity index (χ4v) is 2.24. The van der Waals surface area contributed by atoms with Gasteiger partial charge in [0, 0.05) is 17.4 Å². The summed E-state index contributed by atoms with van der Waals surface area (Å²) in [6, 6.07) is 5.54. The molecule has 5 heteroatoms. The summed E-state index contributed by atoms with van der Waals surface area (Å²) in [6.45, 7) is 5.82. The Kier molecular flexibility index (Phi) is 3.97. The second kappa shape index (κ2) is 5.53. The highest BCUT2D eigenvalue weighted by Crippen LogP contribution is 2.42. The van der Waals surface area contributed by atoms with Gasteiger partial charge in [-0.15, -0.1) is 0 Å². The van der Waals surface area contributed by atoms with Crippen molar-refractivity contribution in [3.63, 3.8) is 0 Å². The predicted octanol–water partition coefficient (Wildman–Crippen LogP) is 2.22. The van der Waals surface area contributed by atoms with Crippen molar-refractivity contribution in [1.29, 1.82) is 0 Å². The highest BCUT2D eigenvalue weighted by atomic mass is 16.7. The van der Waals surface area contributed by atoms with Crippen molar-refractivity contribution in [3.05, 3.63) is 23.8 Å². The molecule has 0 bridgehead atoms. The van der Waals surface area contributed by atoms with E-state index in [9.17, 15) is 9.59 Å². The minimum atomic E-state index is -0.787. The first-order chi connectivity index (χ1) is 9.45. The normalized spacial score (nSPS) is 13.2. The molecule has 0 saturated carbocycles. The van der Waals surface area contributed by atoms with Gasteiger partial charge in [0.1, 0.15) is 0 Å². The van der Waals surface area contributed by atoms with E-state index in [0.29, 0.717) is 11.5 Å². The number of esters is 1. The van der Waals surface area contributed by atoms with E-state index in [-0.39, 0.29) is 19.8 Å². The number of rotatable bonds is 5. The average Bonchev–Trinajstić information content (AvgIpc) is 2.86. The van der Waals surface area contributed by atoms with Gasteiger partial charge in [-0.2, -0.15) is 0 Å². The summed E-state index contributed by atoms with van der Waals surface area (Å²) in [4.78, 5) is 23.3. The van der Waals surface area contributed by atoms with Crippen LogP contribution in [0.5, 0.6) is 11.5 Å². The Morgan fingerprint density at radius 2 is 2.05 bits per heavy atom. The van der Waals surface area contributed by atoms with Crippen LogP contribution in [0.4, 0.5) is 0 Å². The molecule has 1 aliphatic heterocycles. The maximum atomic E-state index is 11.9. The standard InChI is InChI=1S/C15H18O5/c1-4-18-14(17)11(16)8-15(2,3)10-6-5-7-12-13(10)20-9-19-12/h5-7H,4,8-9H2,1-3H3. The zero-order chi connectivity index (χ0) is 14.8. The SMILES string of the molecule is CCOC(=O)C(=O)CC(C)(C)c1cccc2c1OCO2. The third kappa shape index (κ3) is 2.76. The monoisotopic (exact) mass is 278 g/mol. The summed E-state index contributed by atoms with van der Waals surface area (Å²) < 4.78 is 15.5. The van der Waals surface area contributed by atoms with Crippen LogP contribution in [-0.2, 0) is 19.7 Å². The van der Waals surface area contributed by atoms with Gasteiger partial charge in [-0.1, -0.05) is 26.0 Å². The second-order valence-corrected chi connectivity index (χ2v) is 5.24. The maximum absolute atomic E-state index is 11.9. The largest absolute Gasteiger partial charge is 0.460 e. The minimum Gasteiger partial charge on any atom is -0.460 e. The van der Waals surface area contributed by atoms with Crippen LogP contribution in [0.1, 0.15) is 32.8 Å². The zero-order valence-corrected chi connectivity index (χ0v) is 11.9. The lowest BCUT2D eigenvalue weighted by Gasteiger charge is -2.25. The van der Waals surface area contributed by atoms with Crippen molar-refractivity contribution in [2.45, 2.75) is 32.6 Å². The van der Waals surface area contributed by atoms with E-state index in [1.54, 1.807) is 6.92 Å². The van der Waals surface area contributed by atoms with Crippen LogP contribution >= 0.6 is 0 Å². The van der Waals surface area contributed by atoms with E-state index in [0.717, 1.165) is 5.56 Å². The molecule has 20 heavy (non-hydrogen) atoms. The molecule has 0 spiro atoms. The van der Waals surface area contributed by atoms with Crippen molar-refractivity contribution in [3.8, 4) is 11.5 Å². The first-order valence-corrected chi connectivity index (χ1v) is 6.54. The minimum absolute atomic E-state index is 0.0612. The van der Waals surface area contributed by atoms with E-state index >= 15 is 0 Å². The Labute approximate surface area is 117 Å². The topological polar surface area (TPSA) is 61.8 Å².